The standard InChI is InChI=1S/C10H10BrN3O/c1-14-5-7(11)4-8(14)9(15)13-10(6-12)2-3-10/h4-5H,2-3H2,1H3,(H,13,15). The van der Waals surface area contributed by atoms with Crippen molar-refractivity contribution in [2.75, 3.05) is 0 Å². The Morgan fingerprint density at radius 1 is 1.73 bits per heavy atom. The zero-order valence-electron chi connectivity index (χ0n) is 8.25. The fraction of sp³-hybridized carbons (Fsp3) is 0.400. The minimum absolute atomic E-state index is 0.192. The molecule has 0 spiro atoms. The molecule has 1 N–H and O–H groups in total. The van der Waals surface area contributed by atoms with Crippen LogP contribution in [-0.2, 0) is 7.05 Å². The second-order valence-corrected chi connectivity index (χ2v) is 4.72. The van der Waals surface area contributed by atoms with Crippen LogP contribution < -0.4 is 5.32 Å². The normalized spacial score (nSPS) is 16.9. The third-order valence-electron chi connectivity index (χ3n) is 2.52. The quantitative estimate of drug-likeness (QED) is 0.885. The summed E-state index contributed by atoms with van der Waals surface area (Å²) in [7, 11) is 1.80. The molecule has 0 bridgehead atoms. The predicted octanol–water partition coefficient (Wildman–Crippen LogP) is 1.57. The van der Waals surface area contributed by atoms with Gasteiger partial charge in [0.05, 0.1) is 6.07 Å². The van der Waals surface area contributed by atoms with Gasteiger partial charge in [0.2, 0.25) is 0 Å². The Hall–Kier alpha value is -1.28. The molecule has 0 aliphatic heterocycles. The molecule has 0 aromatic carbocycles. The maximum Gasteiger partial charge on any atom is 0.269 e. The van der Waals surface area contributed by atoms with Crippen molar-refractivity contribution >= 4 is 21.8 Å². The Morgan fingerprint density at radius 2 is 2.40 bits per heavy atom. The molecule has 1 heterocycles. The topological polar surface area (TPSA) is 57.8 Å². The van der Waals surface area contributed by atoms with Gasteiger partial charge in [-0.05, 0) is 34.8 Å². The molecule has 2 rings (SSSR count). The maximum atomic E-state index is 11.8. The molecule has 0 saturated heterocycles. The number of aryl methyl sites for hydroxylation is 1. The van der Waals surface area contributed by atoms with Crippen LogP contribution in [0.4, 0.5) is 0 Å². The highest BCUT2D eigenvalue weighted by atomic mass is 79.9. The van der Waals surface area contributed by atoms with Gasteiger partial charge in [-0.25, -0.2) is 0 Å². The lowest BCUT2D eigenvalue weighted by atomic mass is 10.3. The Morgan fingerprint density at radius 3 is 2.80 bits per heavy atom. The third-order valence-corrected chi connectivity index (χ3v) is 2.95. The van der Waals surface area contributed by atoms with Crippen molar-refractivity contribution in [1.82, 2.24) is 9.88 Å². The van der Waals surface area contributed by atoms with E-state index in [1.807, 2.05) is 0 Å². The minimum Gasteiger partial charge on any atom is -0.345 e. The first-order chi connectivity index (χ1) is 7.06. The average molecular weight is 268 g/mol. The number of aromatic nitrogens is 1. The molecule has 1 aromatic heterocycles. The molecule has 1 saturated carbocycles. The molecule has 0 radical (unpaired) electrons. The molecular weight excluding hydrogens is 258 g/mol. The number of nitrogens with one attached hydrogen (secondary N) is 1. The lowest BCUT2D eigenvalue weighted by molar-refractivity contribution is 0.0933. The van der Waals surface area contributed by atoms with Crippen molar-refractivity contribution in [2.24, 2.45) is 7.05 Å². The fourth-order valence-corrected chi connectivity index (χ4v) is 1.95. The zero-order chi connectivity index (χ0) is 11.1. The number of halogens is 1. The molecule has 1 aliphatic carbocycles. The summed E-state index contributed by atoms with van der Waals surface area (Å²) >= 11 is 3.30. The summed E-state index contributed by atoms with van der Waals surface area (Å²) in [4.78, 5) is 11.8. The molecule has 1 fully saturated rings. The second-order valence-electron chi connectivity index (χ2n) is 3.80. The van der Waals surface area contributed by atoms with Crippen LogP contribution in [0.1, 0.15) is 23.3 Å². The number of hydrogen-bond acceptors (Lipinski definition) is 2. The van der Waals surface area contributed by atoms with Crippen LogP contribution in [-0.4, -0.2) is 16.0 Å². The summed E-state index contributed by atoms with van der Waals surface area (Å²) in [6.07, 6.45) is 3.31. The predicted molar refractivity (Wildman–Crippen MR) is 58.2 cm³/mol. The number of amides is 1. The van der Waals surface area contributed by atoms with E-state index in [4.69, 9.17) is 5.26 Å². The van der Waals surface area contributed by atoms with Gasteiger partial charge in [0, 0.05) is 17.7 Å². The van der Waals surface area contributed by atoms with E-state index in [1.165, 1.54) is 0 Å². The largest absolute Gasteiger partial charge is 0.345 e. The number of nitriles is 1. The van der Waals surface area contributed by atoms with Crippen molar-refractivity contribution in [1.29, 1.82) is 5.26 Å². The van der Waals surface area contributed by atoms with E-state index in [0.29, 0.717) is 5.69 Å². The van der Waals surface area contributed by atoms with Crippen LogP contribution in [0.2, 0.25) is 0 Å². The van der Waals surface area contributed by atoms with Crippen LogP contribution in [0.3, 0.4) is 0 Å². The number of carbonyl (C=O) groups excluding carboxylic acids is 1. The molecule has 5 heteroatoms. The molecule has 1 aliphatic rings. The van der Waals surface area contributed by atoms with Crippen molar-refractivity contribution in [3.63, 3.8) is 0 Å². The summed E-state index contributed by atoms with van der Waals surface area (Å²) < 4.78 is 2.59. The summed E-state index contributed by atoms with van der Waals surface area (Å²) in [5, 5.41) is 11.6. The monoisotopic (exact) mass is 267 g/mol. The van der Waals surface area contributed by atoms with Gasteiger partial charge in [0.25, 0.3) is 5.91 Å². The first-order valence-corrected chi connectivity index (χ1v) is 5.41. The Kier molecular flexibility index (Phi) is 2.31. The Bertz CT molecular complexity index is 454. The molecular formula is C10H10BrN3O. The van der Waals surface area contributed by atoms with Gasteiger partial charge in [-0.15, -0.1) is 0 Å². The van der Waals surface area contributed by atoms with E-state index in [0.717, 1.165) is 17.3 Å². The van der Waals surface area contributed by atoms with Gasteiger partial charge >= 0.3 is 0 Å². The summed E-state index contributed by atoms with van der Waals surface area (Å²) in [6.45, 7) is 0. The third kappa shape index (κ3) is 1.90. The second kappa shape index (κ2) is 3.38. The SMILES string of the molecule is Cn1cc(Br)cc1C(=O)NC1(C#N)CC1. The van der Waals surface area contributed by atoms with Gasteiger partial charge in [0.15, 0.2) is 0 Å². The molecule has 0 atom stereocenters. The Labute approximate surface area is 96.0 Å². The number of rotatable bonds is 2. The van der Waals surface area contributed by atoms with Crippen LogP contribution in [0.5, 0.6) is 0 Å². The number of carbonyl (C=O) groups is 1. The Balaban J connectivity index is 2.16. The van der Waals surface area contributed by atoms with Gasteiger partial charge in [-0.2, -0.15) is 5.26 Å². The zero-order valence-corrected chi connectivity index (χ0v) is 9.84. The van der Waals surface area contributed by atoms with Crippen LogP contribution in [0, 0.1) is 11.3 Å². The van der Waals surface area contributed by atoms with Gasteiger partial charge in [-0.3, -0.25) is 4.79 Å². The summed E-state index contributed by atoms with van der Waals surface area (Å²) in [5.74, 6) is -0.192. The van der Waals surface area contributed by atoms with Gasteiger partial charge in [-0.1, -0.05) is 0 Å². The minimum atomic E-state index is -0.603. The van der Waals surface area contributed by atoms with E-state index in [2.05, 4.69) is 27.3 Å². The molecule has 0 unspecified atom stereocenters. The average Bonchev–Trinajstić information content (AvgIpc) is 2.86. The molecule has 15 heavy (non-hydrogen) atoms. The lowest BCUT2D eigenvalue weighted by Gasteiger charge is -2.09. The maximum absolute atomic E-state index is 11.8. The first-order valence-electron chi connectivity index (χ1n) is 4.62. The molecule has 4 nitrogen and oxygen atoms in total. The van der Waals surface area contributed by atoms with Crippen LogP contribution in [0.15, 0.2) is 16.7 Å². The van der Waals surface area contributed by atoms with E-state index in [9.17, 15) is 4.79 Å². The van der Waals surface area contributed by atoms with Crippen molar-refractivity contribution in [3.8, 4) is 6.07 Å². The fourth-order valence-electron chi connectivity index (χ4n) is 1.42. The number of nitrogens with zero attached hydrogens (tertiary/aromatic N) is 2. The van der Waals surface area contributed by atoms with Crippen molar-refractivity contribution < 1.29 is 4.79 Å². The summed E-state index contributed by atoms with van der Waals surface area (Å²) in [5.41, 5.74) is -0.0446. The van der Waals surface area contributed by atoms with Crippen LogP contribution in [0.25, 0.3) is 0 Å². The molecule has 1 amide bonds. The van der Waals surface area contributed by atoms with Crippen LogP contribution >= 0.6 is 15.9 Å². The summed E-state index contributed by atoms with van der Waals surface area (Å²) in [6, 6.07) is 3.87. The van der Waals surface area contributed by atoms with E-state index >= 15 is 0 Å². The first kappa shape index (κ1) is 10.2. The van der Waals surface area contributed by atoms with E-state index < -0.39 is 5.54 Å². The van der Waals surface area contributed by atoms with E-state index in [1.54, 1.807) is 23.9 Å². The highest BCUT2D eigenvalue weighted by Gasteiger charge is 2.45. The lowest BCUT2D eigenvalue weighted by Crippen LogP contribution is -2.36. The number of hydrogen-bond donors (Lipinski definition) is 1. The van der Waals surface area contributed by atoms with Crippen molar-refractivity contribution in [2.45, 2.75) is 18.4 Å². The van der Waals surface area contributed by atoms with Gasteiger partial charge < -0.3 is 9.88 Å². The van der Waals surface area contributed by atoms with Gasteiger partial charge in [0.1, 0.15) is 11.2 Å². The molecule has 78 valence electrons. The highest BCUT2D eigenvalue weighted by molar-refractivity contribution is 9.10. The highest BCUT2D eigenvalue weighted by Crippen LogP contribution is 2.34. The smallest absolute Gasteiger partial charge is 0.269 e. The molecule has 1 aromatic rings. The van der Waals surface area contributed by atoms with E-state index in [-0.39, 0.29) is 5.91 Å². The van der Waals surface area contributed by atoms with Crippen molar-refractivity contribution in [3.05, 3.63) is 22.4 Å².